The quantitative estimate of drug-likeness (QED) is 0.161. The maximum atomic E-state index is 13.6. The minimum atomic E-state index is -9.14. The number of rotatable bonds is 11. The van der Waals surface area contributed by atoms with Gasteiger partial charge in [-0.2, -0.15) is 83.4 Å². The molecule has 0 rings (SSSR count). The van der Waals surface area contributed by atoms with Crippen LogP contribution in [-0.2, 0) is 14.3 Å². The number of carbonyl (C=O) groups is 2. The topological polar surface area (TPSA) is 63.6 Å². The molecule has 0 amide bonds. The molecule has 0 aromatic rings. The minimum Gasteiger partial charge on any atom is -0.478 e. The van der Waals surface area contributed by atoms with Crippen molar-refractivity contribution in [3.05, 3.63) is 11.6 Å². The van der Waals surface area contributed by atoms with Gasteiger partial charge in [0.2, 0.25) is 0 Å². The minimum absolute atomic E-state index is 0.181. The van der Waals surface area contributed by atoms with Crippen LogP contribution in [0, 0.1) is 0 Å². The lowest BCUT2D eigenvalue weighted by atomic mass is 9.87. The molecule has 0 saturated heterocycles. The van der Waals surface area contributed by atoms with Crippen LogP contribution in [0.25, 0.3) is 0 Å². The van der Waals surface area contributed by atoms with Crippen molar-refractivity contribution in [1.82, 2.24) is 0 Å². The van der Waals surface area contributed by atoms with Crippen LogP contribution in [0.1, 0.15) is 6.92 Å². The van der Waals surface area contributed by atoms with Gasteiger partial charge in [-0.3, -0.25) is 0 Å². The Balaban J connectivity index is 6.80. The van der Waals surface area contributed by atoms with Crippen molar-refractivity contribution in [2.24, 2.45) is 0 Å². The molecule has 0 bridgehead atoms. The summed E-state index contributed by atoms with van der Waals surface area (Å²) >= 11 is 0. The largest absolute Gasteiger partial charge is 0.478 e. The lowest BCUT2D eigenvalue weighted by Gasteiger charge is -2.43. The van der Waals surface area contributed by atoms with E-state index in [1.165, 1.54) is 0 Å². The average molecular weight is 630 g/mol. The second kappa shape index (κ2) is 9.73. The molecule has 0 heterocycles. The molecule has 0 fully saturated rings. The lowest BCUT2D eigenvalue weighted by Crippen LogP contribution is -2.75. The van der Waals surface area contributed by atoms with E-state index < -0.39 is 83.5 Å². The summed E-state index contributed by atoms with van der Waals surface area (Å²) in [5.74, 6) is -66.7. The van der Waals surface area contributed by atoms with E-state index in [4.69, 9.17) is 5.11 Å². The predicted molar refractivity (Wildman–Crippen MR) is 78.0 cm³/mol. The first-order valence-electron chi connectivity index (χ1n) is 8.50. The number of ether oxygens (including phenoxy) is 1. The van der Waals surface area contributed by atoms with Crippen molar-refractivity contribution in [3.8, 4) is 0 Å². The smallest absolute Gasteiger partial charge is 0.460 e. The number of alkyl halides is 20. The van der Waals surface area contributed by atoms with Crippen LogP contribution in [-0.4, -0.2) is 77.0 Å². The number of esters is 1. The van der Waals surface area contributed by atoms with Crippen LogP contribution in [0.2, 0.25) is 0 Å². The Kier molecular flexibility index (Phi) is 9.05. The third-order valence-corrected chi connectivity index (χ3v) is 4.25. The van der Waals surface area contributed by atoms with Gasteiger partial charge in [0, 0.05) is 11.6 Å². The van der Waals surface area contributed by atoms with Gasteiger partial charge in [-0.25, -0.2) is 14.0 Å². The number of halogens is 20. The molecule has 4 nitrogen and oxygen atoms in total. The van der Waals surface area contributed by atoms with Crippen molar-refractivity contribution in [1.29, 1.82) is 0 Å². The molecule has 39 heavy (non-hydrogen) atoms. The van der Waals surface area contributed by atoms with Crippen molar-refractivity contribution in [2.45, 2.75) is 66.8 Å². The van der Waals surface area contributed by atoms with Gasteiger partial charge in [0.05, 0.1) is 0 Å². The zero-order valence-electron chi connectivity index (χ0n) is 17.4. The third-order valence-electron chi connectivity index (χ3n) is 4.25. The molecule has 0 spiro atoms. The monoisotopic (exact) mass is 630 g/mol. The number of aliphatic carboxylic acids is 1. The Morgan fingerprint density at radius 1 is 0.615 bits per heavy atom. The Morgan fingerprint density at radius 3 is 1.23 bits per heavy atom. The fraction of sp³-hybridized carbons (Fsp3) is 0.733. The second-order valence-corrected chi connectivity index (χ2v) is 7.05. The second-order valence-electron chi connectivity index (χ2n) is 7.05. The first kappa shape index (κ1) is 36.3. The highest BCUT2D eigenvalue weighted by atomic mass is 19.4. The Hall–Kier alpha value is -2.72. The number of hydrogen-bond donors (Lipinski definition) is 1. The Morgan fingerprint density at radius 2 is 0.923 bits per heavy atom. The zero-order valence-corrected chi connectivity index (χ0v) is 17.4. The fourth-order valence-corrected chi connectivity index (χ4v) is 2.05. The van der Waals surface area contributed by atoms with Crippen LogP contribution < -0.4 is 0 Å². The van der Waals surface area contributed by atoms with Crippen LogP contribution in [0.5, 0.6) is 0 Å². The van der Waals surface area contributed by atoms with Gasteiger partial charge in [0.15, 0.2) is 0 Å². The Bertz CT molecular complexity index is 978. The van der Waals surface area contributed by atoms with Gasteiger partial charge in [-0.1, -0.05) is 0 Å². The summed E-state index contributed by atoms with van der Waals surface area (Å²) in [4.78, 5) is 21.3. The summed E-state index contributed by atoms with van der Waals surface area (Å²) in [5, 5.41) is 8.22. The standard InChI is InChI=1S/C15H6F20O4/c1-3(2-4(36)37)5(38)39-8(19,20)6(16)7(17,18)9(21,22)10(23,24)11(25,26)12(27,28)13(29,30)14(31,32)15(33,34)35/h2,6H,1H3,(H,36,37). The average Bonchev–Trinajstić information content (AvgIpc) is 2.70. The zero-order chi connectivity index (χ0) is 32.2. The highest BCUT2D eigenvalue weighted by Crippen LogP contribution is 2.64. The van der Waals surface area contributed by atoms with Gasteiger partial charge >= 0.3 is 65.7 Å². The number of carbonyl (C=O) groups excluding carboxylic acids is 1. The molecule has 1 atom stereocenters. The van der Waals surface area contributed by atoms with Crippen molar-refractivity contribution in [3.63, 3.8) is 0 Å². The molecule has 230 valence electrons. The summed E-state index contributed by atoms with van der Waals surface area (Å²) in [5.41, 5.74) is -1.60. The van der Waals surface area contributed by atoms with Crippen LogP contribution in [0.4, 0.5) is 87.8 Å². The van der Waals surface area contributed by atoms with Crippen LogP contribution in [0.15, 0.2) is 11.6 Å². The molecule has 0 radical (unpaired) electrons. The molecule has 0 aromatic heterocycles. The van der Waals surface area contributed by atoms with Crippen LogP contribution in [0.3, 0.4) is 0 Å². The first-order valence-corrected chi connectivity index (χ1v) is 8.50. The molecule has 0 saturated carbocycles. The van der Waals surface area contributed by atoms with Gasteiger partial charge < -0.3 is 9.84 Å². The van der Waals surface area contributed by atoms with Crippen molar-refractivity contribution < 1.29 is 107 Å². The maximum Gasteiger partial charge on any atom is 0.460 e. The summed E-state index contributed by atoms with van der Waals surface area (Å²) in [6.45, 7) is 0.181. The van der Waals surface area contributed by atoms with Crippen molar-refractivity contribution in [2.75, 3.05) is 0 Å². The molecule has 0 aliphatic rings. The van der Waals surface area contributed by atoms with Crippen LogP contribution >= 0.6 is 0 Å². The highest BCUT2D eigenvalue weighted by molar-refractivity contribution is 5.95. The first-order chi connectivity index (χ1) is 16.6. The van der Waals surface area contributed by atoms with E-state index in [1.807, 2.05) is 0 Å². The summed E-state index contributed by atoms with van der Waals surface area (Å²) in [6, 6.07) is 0. The summed E-state index contributed by atoms with van der Waals surface area (Å²) < 4.78 is 266. The summed E-state index contributed by atoms with van der Waals surface area (Å²) in [6.07, 6.45) is -21.8. The number of carboxylic acids is 1. The van der Waals surface area contributed by atoms with E-state index >= 15 is 0 Å². The Labute approximate surface area is 199 Å². The molecule has 24 heteroatoms. The van der Waals surface area contributed by atoms with Crippen molar-refractivity contribution >= 4 is 11.9 Å². The van der Waals surface area contributed by atoms with Gasteiger partial charge in [0.1, 0.15) is 0 Å². The normalized spacial score (nSPS) is 16.7. The summed E-state index contributed by atoms with van der Waals surface area (Å²) in [7, 11) is 0. The van der Waals surface area contributed by atoms with E-state index in [1.54, 1.807) is 0 Å². The maximum absolute atomic E-state index is 13.6. The molecule has 1 unspecified atom stereocenters. The fourth-order valence-electron chi connectivity index (χ4n) is 2.05. The molecule has 0 aliphatic heterocycles. The molecule has 0 aromatic carbocycles. The SMILES string of the molecule is CC(=CC(=O)O)C(=O)OC(F)(F)C(F)C(F)(F)C(F)(F)C(F)(F)C(F)(F)C(F)(F)C(F)(F)C(F)(F)C(F)(F)F. The molecular weight excluding hydrogens is 624 g/mol. The van der Waals surface area contributed by atoms with Gasteiger partial charge in [0.25, 0.3) is 6.17 Å². The van der Waals surface area contributed by atoms with E-state index in [9.17, 15) is 97.4 Å². The van der Waals surface area contributed by atoms with Gasteiger partial charge in [-0.15, -0.1) is 0 Å². The number of hydrogen-bond acceptors (Lipinski definition) is 3. The molecule has 0 aliphatic carbocycles. The predicted octanol–water partition coefficient (Wildman–Crippen LogP) is 6.50. The van der Waals surface area contributed by atoms with E-state index in [0.717, 1.165) is 0 Å². The van der Waals surface area contributed by atoms with E-state index in [-0.39, 0.29) is 6.92 Å². The molecular formula is C15H6F20O4. The molecule has 1 N–H and O–H groups in total. The van der Waals surface area contributed by atoms with E-state index in [0.29, 0.717) is 0 Å². The van der Waals surface area contributed by atoms with E-state index in [2.05, 4.69) is 4.74 Å². The highest BCUT2D eigenvalue weighted by Gasteiger charge is 2.96. The van der Waals surface area contributed by atoms with Gasteiger partial charge in [-0.05, 0) is 6.92 Å². The lowest BCUT2D eigenvalue weighted by molar-refractivity contribution is -0.466. The third kappa shape index (κ3) is 5.37. The number of carboxylic acid groups (broad SMARTS) is 1.